The Morgan fingerprint density at radius 1 is 1.10 bits per heavy atom. The summed E-state index contributed by atoms with van der Waals surface area (Å²) in [6, 6.07) is 8.81. The molecule has 0 unspecified atom stereocenters. The molecule has 0 saturated carbocycles. The molecule has 20 heavy (non-hydrogen) atoms. The lowest BCUT2D eigenvalue weighted by atomic mass is 9.99. The number of aryl methyl sites for hydroxylation is 2. The molecule has 3 rings (SSSR count). The summed E-state index contributed by atoms with van der Waals surface area (Å²) in [6.45, 7) is 3.70. The van der Waals surface area contributed by atoms with E-state index in [0.29, 0.717) is 17.0 Å². The van der Waals surface area contributed by atoms with Crippen molar-refractivity contribution in [2.45, 2.75) is 13.8 Å². The molecule has 1 N–H and O–H groups in total. The van der Waals surface area contributed by atoms with E-state index in [1.165, 1.54) is 6.07 Å². The van der Waals surface area contributed by atoms with Gasteiger partial charge in [-0.15, -0.1) is 0 Å². The number of anilines is 1. The average molecular weight is 271 g/mol. The van der Waals surface area contributed by atoms with Gasteiger partial charge >= 0.3 is 0 Å². The van der Waals surface area contributed by atoms with Crippen molar-refractivity contribution in [3.8, 4) is 16.9 Å². The predicted molar refractivity (Wildman–Crippen MR) is 75.4 cm³/mol. The molecule has 1 aliphatic rings. The van der Waals surface area contributed by atoms with Crippen molar-refractivity contribution in [1.82, 2.24) is 0 Å². The lowest BCUT2D eigenvalue weighted by Gasteiger charge is -2.21. The molecular formula is C16H14FNO2. The van der Waals surface area contributed by atoms with Crippen molar-refractivity contribution in [1.29, 1.82) is 0 Å². The Hall–Kier alpha value is -2.36. The monoisotopic (exact) mass is 271 g/mol. The molecule has 102 valence electrons. The van der Waals surface area contributed by atoms with Crippen LogP contribution in [0.3, 0.4) is 0 Å². The zero-order chi connectivity index (χ0) is 14.3. The summed E-state index contributed by atoms with van der Waals surface area (Å²) in [5.74, 6) is 0.316. The van der Waals surface area contributed by atoms with E-state index in [9.17, 15) is 9.18 Å². The highest BCUT2D eigenvalue weighted by Crippen LogP contribution is 2.36. The first-order valence-corrected chi connectivity index (χ1v) is 6.38. The summed E-state index contributed by atoms with van der Waals surface area (Å²) in [5.41, 5.74) is 4.04. The second kappa shape index (κ2) is 4.63. The van der Waals surface area contributed by atoms with Crippen LogP contribution in [0.4, 0.5) is 10.1 Å². The molecule has 2 aromatic carbocycles. The van der Waals surface area contributed by atoms with E-state index in [1.807, 2.05) is 19.1 Å². The average Bonchev–Trinajstić information content (AvgIpc) is 2.41. The first kappa shape index (κ1) is 12.7. The van der Waals surface area contributed by atoms with E-state index in [1.54, 1.807) is 19.1 Å². The number of ether oxygens (including phenoxy) is 1. The van der Waals surface area contributed by atoms with Crippen LogP contribution in [0.1, 0.15) is 11.1 Å². The number of carbonyl (C=O) groups is 1. The Kier molecular flexibility index (Phi) is 2.93. The number of benzene rings is 2. The van der Waals surface area contributed by atoms with Crippen molar-refractivity contribution >= 4 is 11.6 Å². The zero-order valence-corrected chi connectivity index (χ0v) is 11.3. The smallest absolute Gasteiger partial charge is 0.262 e. The molecule has 4 heteroatoms. The highest BCUT2D eigenvalue weighted by Gasteiger charge is 2.19. The Labute approximate surface area is 116 Å². The summed E-state index contributed by atoms with van der Waals surface area (Å²) < 4.78 is 18.8. The molecule has 0 radical (unpaired) electrons. The minimum Gasteiger partial charge on any atom is -0.481 e. The number of halogens is 1. The number of fused-ring (bicyclic) bond motifs is 1. The van der Waals surface area contributed by atoms with Crippen LogP contribution in [-0.4, -0.2) is 12.5 Å². The van der Waals surface area contributed by atoms with Gasteiger partial charge in [0.1, 0.15) is 11.6 Å². The van der Waals surface area contributed by atoms with Gasteiger partial charge in [-0.2, -0.15) is 0 Å². The van der Waals surface area contributed by atoms with Gasteiger partial charge in [0, 0.05) is 0 Å². The highest BCUT2D eigenvalue weighted by molar-refractivity contribution is 5.96. The highest BCUT2D eigenvalue weighted by atomic mass is 19.1. The van der Waals surface area contributed by atoms with Crippen molar-refractivity contribution < 1.29 is 13.9 Å². The summed E-state index contributed by atoms with van der Waals surface area (Å²) in [7, 11) is 0. The second-order valence-electron chi connectivity index (χ2n) is 4.97. The molecule has 2 aromatic rings. The third-order valence-corrected chi connectivity index (χ3v) is 3.39. The van der Waals surface area contributed by atoms with Crippen molar-refractivity contribution in [3.63, 3.8) is 0 Å². The maximum Gasteiger partial charge on any atom is 0.262 e. The molecule has 0 atom stereocenters. The van der Waals surface area contributed by atoms with E-state index in [0.717, 1.165) is 16.7 Å². The lowest BCUT2D eigenvalue weighted by molar-refractivity contribution is -0.118. The van der Waals surface area contributed by atoms with Gasteiger partial charge in [0.2, 0.25) is 0 Å². The fourth-order valence-electron chi connectivity index (χ4n) is 2.37. The molecule has 0 bridgehead atoms. The molecule has 1 heterocycles. The first-order valence-electron chi connectivity index (χ1n) is 6.38. The van der Waals surface area contributed by atoms with Gasteiger partial charge in [0.15, 0.2) is 6.61 Å². The van der Waals surface area contributed by atoms with Crippen LogP contribution in [0.15, 0.2) is 30.3 Å². The van der Waals surface area contributed by atoms with E-state index in [2.05, 4.69) is 5.32 Å². The third-order valence-electron chi connectivity index (χ3n) is 3.39. The minimum atomic E-state index is -0.222. The first-order chi connectivity index (χ1) is 9.54. The van der Waals surface area contributed by atoms with E-state index >= 15 is 0 Å². The van der Waals surface area contributed by atoms with Crippen LogP contribution in [0.2, 0.25) is 0 Å². The predicted octanol–water partition coefficient (Wildman–Crippen LogP) is 3.44. The zero-order valence-electron chi connectivity index (χ0n) is 11.3. The number of hydrogen-bond acceptors (Lipinski definition) is 2. The topological polar surface area (TPSA) is 38.3 Å². The number of hydrogen-bond donors (Lipinski definition) is 1. The quantitative estimate of drug-likeness (QED) is 0.862. The Morgan fingerprint density at radius 3 is 2.60 bits per heavy atom. The van der Waals surface area contributed by atoms with E-state index in [4.69, 9.17) is 4.74 Å². The van der Waals surface area contributed by atoms with Gasteiger partial charge in [0.05, 0.1) is 5.69 Å². The van der Waals surface area contributed by atoms with Gasteiger partial charge in [-0.25, -0.2) is 4.39 Å². The lowest BCUT2D eigenvalue weighted by Crippen LogP contribution is -2.25. The number of carbonyl (C=O) groups excluding carboxylic acids is 1. The fraction of sp³-hybridized carbons (Fsp3) is 0.188. The maximum absolute atomic E-state index is 13.3. The van der Waals surface area contributed by atoms with Crippen LogP contribution in [-0.2, 0) is 4.79 Å². The van der Waals surface area contributed by atoms with Gasteiger partial charge < -0.3 is 10.1 Å². The van der Waals surface area contributed by atoms with Crippen molar-refractivity contribution in [2.24, 2.45) is 0 Å². The maximum atomic E-state index is 13.3. The van der Waals surface area contributed by atoms with Crippen LogP contribution in [0, 0.1) is 19.7 Å². The molecule has 1 aliphatic heterocycles. The summed E-state index contributed by atoms with van der Waals surface area (Å²) in [4.78, 5) is 11.4. The molecule has 1 amide bonds. The van der Waals surface area contributed by atoms with Gasteiger partial charge in [0.25, 0.3) is 5.91 Å². The van der Waals surface area contributed by atoms with Crippen molar-refractivity contribution in [2.75, 3.05) is 11.9 Å². The molecule has 0 spiro atoms. The Balaban J connectivity index is 2.10. The standard InChI is InChI=1S/C16H14FNO2/c1-9-5-11(3-4-13(9)17)12-6-10(2)16-14(7-12)18-15(19)8-20-16/h3-7H,8H2,1-2H3,(H,18,19). The molecule has 0 aromatic heterocycles. The van der Waals surface area contributed by atoms with Gasteiger partial charge in [-0.05, 0) is 60.4 Å². The fourth-order valence-corrected chi connectivity index (χ4v) is 2.37. The Bertz CT molecular complexity index is 710. The third kappa shape index (κ3) is 2.13. The number of nitrogens with one attached hydrogen (secondary N) is 1. The van der Waals surface area contributed by atoms with Gasteiger partial charge in [-0.1, -0.05) is 6.07 Å². The van der Waals surface area contributed by atoms with Gasteiger partial charge in [-0.3, -0.25) is 4.79 Å². The van der Waals surface area contributed by atoms with Crippen molar-refractivity contribution in [3.05, 3.63) is 47.3 Å². The van der Waals surface area contributed by atoms with Crippen LogP contribution in [0.25, 0.3) is 11.1 Å². The van der Waals surface area contributed by atoms with Crippen LogP contribution < -0.4 is 10.1 Å². The molecule has 0 saturated heterocycles. The molecule has 0 aliphatic carbocycles. The minimum absolute atomic E-state index is 0.0445. The number of amides is 1. The van der Waals surface area contributed by atoms with E-state index < -0.39 is 0 Å². The molecule has 0 fully saturated rings. The SMILES string of the molecule is Cc1cc(-c2cc(C)c3c(c2)NC(=O)CO3)ccc1F. The summed E-state index contributed by atoms with van der Waals surface area (Å²) >= 11 is 0. The summed E-state index contributed by atoms with van der Waals surface area (Å²) in [5, 5.41) is 2.80. The summed E-state index contributed by atoms with van der Waals surface area (Å²) in [6.07, 6.45) is 0. The second-order valence-corrected chi connectivity index (χ2v) is 4.97. The van der Waals surface area contributed by atoms with Crippen LogP contribution in [0.5, 0.6) is 5.75 Å². The normalized spacial score (nSPS) is 13.4. The number of rotatable bonds is 1. The molecule has 3 nitrogen and oxygen atoms in total. The largest absolute Gasteiger partial charge is 0.481 e. The van der Waals surface area contributed by atoms with E-state index in [-0.39, 0.29) is 18.3 Å². The Morgan fingerprint density at radius 2 is 1.85 bits per heavy atom. The van der Waals surface area contributed by atoms with Crippen LogP contribution >= 0.6 is 0 Å². The molecular weight excluding hydrogens is 257 g/mol.